The first-order valence-corrected chi connectivity index (χ1v) is 11.6. The van der Waals surface area contributed by atoms with Crippen LogP contribution in [-0.4, -0.2) is 53.9 Å². The van der Waals surface area contributed by atoms with Gasteiger partial charge in [0.2, 0.25) is 6.79 Å². The van der Waals surface area contributed by atoms with Gasteiger partial charge in [0, 0.05) is 12.7 Å². The molecule has 1 saturated heterocycles. The predicted molar refractivity (Wildman–Crippen MR) is 122 cm³/mol. The van der Waals surface area contributed by atoms with E-state index in [-0.39, 0.29) is 12.7 Å². The van der Waals surface area contributed by atoms with Gasteiger partial charge in [0.1, 0.15) is 23.3 Å². The molecule has 1 aliphatic carbocycles. The average molecular weight is 450 g/mol. The zero-order valence-electron chi connectivity index (χ0n) is 18.4. The van der Waals surface area contributed by atoms with Crippen LogP contribution in [0.4, 0.5) is 0 Å². The van der Waals surface area contributed by atoms with Crippen LogP contribution in [0.2, 0.25) is 0 Å². The number of benzene rings is 1. The van der Waals surface area contributed by atoms with Gasteiger partial charge < -0.3 is 29.8 Å². The van der Waals surface area contributed by atoms with E-state index in [0.29, 0.717) is 64.5 Å². The fourth-order valence-electron chi connectivity index (χ4n) is 4.52. The van der Waals surface area contributed by atoms with Crippen LogP contribution in [0.1, 0.15) is 36.0 Å². The molecule has 4 heterocycles. The first-order valence-electron chi connectivity index (χ1n) is 11.6. The lowest BCUT2D eigenvalue weighted by atomic mass is 10.00. The van der Waals surface area contributed by atoms with Gasteiger partial charge in [-0.1, -0.05) is 0 Å². The van der Waals surface area contributed by atoms with E-state index in [1.807, 2.05) is 12.1 Å². The Balaban J connectivity index is 1.33. The summed E-state index contributed by atoms with van der Waals surface area (Å²) in [6.45, 7) is 3.45. The zero-order chi connectivity index (χ0) is 22.2. The van der Waals surface area contributed by atoms with Crippen molar-refractivity contribution in [2.45, 2.75) is 25.7 Å². The molecular weight excluding hydrogens is 422 g/mol. The molecule has 3 N–H and O–H groups in total. The minimum Gasteiger partial charge on any atom is -0.492 e. The van der Waals surface area contributed by atoms with Crippen molar-refractivity contribution in [1.82, 2.24) is 25.6 Å². The van der Waals surface area contributed by atoms with Crippen molar-refractivity contribution in [3.05, 3.63) is 30.2 Å². The lowest BCUT2D eigenvalue weighted by Crippen LogP contribution is -2.38. The molecule has 1 amide bonds. The Labute approximate surface area is 191 Å². The lowest BCUT2D eigenvalue weighted by Gasteiger charge is -2.22. The first kappa shape index (κ1) is 20.3. The largest absolute Gasteiger partial charge is 0.492 e. The molecule has 3 aliphatic rings. The summed E-state index contributed by atoms with van der Waals surface area (Å²) < 4.78 is 17.5. The van der Waals surface area contributed by atoms with Gasteiger partial charge in [-0.05, 0) is 62.7 Å². The Morgan fingerprint density at radius 2 is 2.12 bits per heavy atom. The number of hydrogen-bond donors (Lipinski definition) is 3. The van der Waals surface area contributed by atoms with Crippen molar-refractivity contribution in [3.63, 3.8) is 0 Å². The number of H-pyrrole nitrogens is 1. The van der Waals surface area contributed by atoms with E-state index in [4.69, 9.17) is 14.2 Å². The van der Waals surface area contributed by atoms with Crippen molar-refractivity contribution in [2.24, 2.45) is 11.8 Å². The molecule has 1 unspecified atom stereocenters. The summed E-state index contributed by atoms with van der Waals surface area (Å²) in [4.78, 5) is 25.2. The van der Waals surface area contributed by atoms with Gasteiger partial charge in [0.25, 0.3) is 5.91 Å². The molecule has 2 aliphatic heterocycles. The molecule has 172 valence electrons. The van der Waals surface area contributed by atoms with E-state index in [1.165, 1.54) is 19.2 Å². The minimum absolute atomic E-state index is 0.139. The molecule has 1 aromatic carbocycles. The molecule has 2 fully saturated rings. The van der Waals surface area contributed by atoms with Crippen LogP contribution in [0.5, 0.6) is 17.2 Å². The molecule has 0 radical (unpaired) electrons. The van der Waals surface area contributed by atoms with Gasteiger partial charge in [0.15, 0.2) is 11.5 Å². The second-order valence-corrected chi connectivity index (χ2v) is 9.00. The van der Waals surface area contributed by atoms with Gasteiger partial charge in [-0.15, -0.1) is 0 Å². The quantitative estimate of drug-likeness (QED) is 0.509. The highest BCUT2D eigenvalue weighted by atomic mass is 16.7. The smallest absolute Gasteiger partial charge is 0.255 e. The lowest BCUT2D eigenvalue weighted by molar-refractivity contribution is 0.0946. The van der Waals surface area contributed by atoms with Gasteiger partial charge in [-0.3, -0.25) is 4.79 Å². The van der Waals surface area contributed by atoms with E-state index in [0.717, 1.165) is 31.5 Å². The molecule has 0 spiro atoms. The van der Waals surface area contributed by atoms with E-state index in [1.54, 1.807) is 6.20 Å². The Bertz CT molecular complexity index is 1180. The number of aromatic nitrogens is 3. The highest BCUT2D eigenvalue weighted by molar-refractivity contribution is 6.08. The van der Waals surface area contributed by atoms with Crippen LogP contribution in [-0.2, 0) is 0 Å². The van der Waals surface area contributed by atoms with Crippen LogP contribution < -0.4 is 24.8 Å². The predicted octanol–water partition coefficient (Wildman–Crippen LogP) is 2.87. The number of carbonyl (C=O) groups is 1. The highest BCUT2D eigenvalue weighted by Crippen LogP contribution is 2.48. The molecule has 1 atom stereocenters. The number of ether oxygens (including phenoxy) is 3. The number of nitrogens with zero attached hydrogens (tertiary/aromatic N) is 2. The zero-order valence-corrected chi connectivity index (χ0v) is 18.4. The van der Waals surface area contributed by atoms with Crippen LogP contribution >= 0.6 is 0 Å². The van der Waals surface area contributed by atoms with Crippen LogP contribution in [0.3, 0.4) is 0 Å². The molecule has 6 rings (SSSR count). The topological polar surface area (TPSA) is 110 Å². The molecule has 2 aromatic heterocycles. The Morgan fingerprint density at radius 1 is 1.18 bits per heavy atom. The van der Waals surface area contributed by atoms with Crippen LogP contribution in [0, 0.1) is 11.8 Å². The van der Waals surface area contributed by atoms with Crippen molar-refractivity contribution in [2.75, 3.05) is 33.0 Å². The van der Waals surface area contributed by atoms with Gasteiger partial charge in [-0.2, -0.15) is 0 Å². The Kier molecular flexibility index (Phi) is 5.26. The second kappa shape index (κ2) is 8.55. The number of nitrogens with one attached hydrogen (secondary N) is 3. The molecular formula is C24H27N5O4. The maximum atomic E-state index is 13.0. The number of piperidine rings is 1. The fourth-order valence-corrected chi connectivity index (χ4v) is 4.52. The summed E-state index contributed by atoms with van der Waals surface area (Å²) in [5, 5.41) is 6.45. The van der Waals surface area contributed by atoms with Crippen molar-refractivity contribution < 1.29 is 19.0 Å². The number of fused-ring (bicyclic) bond motifs is 2. The summed E-state index contributed by atoms with van der Waals surface area (Å²) in [6.07, 6.45) is 7.84. The molecule has 9 nitrogen and oxygen atoms in total. The number of aromatic amines is 1. The summed E-state index contributed by atoms with van der Waals surface area (Å²) in [6, 6.07) is 3.76. The third-order valence-electron chi connectivity index (χ3n) is 6.57. The standard InChI is InChI=1S/C24H27N5O4/c30-24(27-9-15-2-1-7-25-8-15)16-10-26-22-20(16)28-12-29-21(22)19-17(31-11-14-3-4-14)5-6-18-23(19)33-13-32-18/h5-6,10,12,14-15,25-26H,1-4,7-9,11,13H2,(H,27,30). The van der Waals surface area contributed by atoms with Gasteiger partial charge in [-0.25, -0.2) is 9.97 Å². The minimum atomic E-state index is -0.139. The molecule has 3 aromatic rings. The third kappa shape index (κ3) is 3.97. The molecule has 0 bridgehead atoms. The van der Waals surface area contributed by atoms with Gasteiger partial charge >= 0.3 is 0 Å². The van der Waals surface area contributed by atoms with Gasteiger partial charge in [0.05, 0.1) is 23.3 Å². The van der Waals surface area contributed by atoms with Crippen molar-refractivity contribution >= 4 is 16.9 Å². The molecule has 1 saturated carbocycles. The van der Waals surface area contributed by atoms with Crippen molar-refractivity contribution in [3.8, 4) is 28.5 Å². The van der Waals surface area contributed by atoms with Crippen LogP contribution in [0.25, 0.3) is 22.3 Å². The Morgan fingerprint density at radius 3 is 2.97 bits per heavy atom. The normalized spacial score (nSPS) is 19.6. The third-order valence-corrected chi connectivity index (χ3v) is 6.57. The number of carbonyl (C=O) groups excluding carboxylic acids is 1. The molecule has 33 heavy (non-hydrogen) atoms. The summed E-state index contributed by atoms with van der Waals surface area (Å²) >= 11 is 0. The number of hydrogen-bond acceptors (Lipinski definition) is 7. The SMILES string of the molecule is O=C(NCC1CCCNC1)c1c[nH]c2c(-c3c(OCC4CC4)ccc4c3OCO4)ncnc12. The fraction of sp³-hybridized carbons (Fsp3) is 0.458. The maximum absolute atomic E-state index is 13.0. The average Bonchev–Trinajstić information content (AvgIpc) is 3.37. The van der Waals surface area contributed by atoms with E-state index >= 15 is 0 Å². The first-order chi connectivity index (χ1) is 16.3. The van der Waals surface area contributed by atoms with Crippen LogP contribution in [0.15, 0.2) is 24.7 Å². The summed E-state index contributed by atoms with van der Waals surface area (Å²) in [5.41, 5.74) is 3.09. The number of amides is 1. The maximum Gasteiger partial charge on any atom is 0.255 e. The van der Waals surface area contributed by atoms with Crippen molar-refractivity contribution in [1.29, 1.82) is 0 Å². The van der Waals surface area contributed by atoms with E-state index < -0.39 is 0 Å². The molecule has 9 heteroatoms. The monoisotopic (exact) mass is 449 g/mol. The Hall–Kier alpha value is -3.33. The highest BCUT2D eigenvalue weighted by Gasteiger charge is 2.29. The second-order valence-electron chi connectivity index (χ2n) is 9.00. The van der Waals surface area contributed by atoms with E-state index in [9.17, 15) is 4.79 Å². The summed E-state index contributed by atoms with van der Waals surface area (Å²) in [7, 11) is 0. The number of rotatable bonds is 7. The summed E-state index contributed by atoms with van der Waals surface area (Å²) in [5.74, 6) is 2.87. The van der Waals surface area contributed by atoms with E-state index in [2.05, 4.69) is 25.6 Å².